The standard InChI is InChI=1S/C18H28N2OS/c1-4-20(14(2)3)11-10-19-18(21)13-22-17-9-8-15-6-5-7-16(15)12-17/h8-9,12,14H,4-7,10-11,13H2,1-3H3,(H,19,21). The van der Waals surface area contributed by atoms with Gasteiger partial charge in [0.1, 0.15) is 0 Å². The van der Waals surface area contributed by atoms with Crippen LogP contribution in [0.3, 0.4) is 0 Å². The van der Waals surface area contributed by atoms with Gasteiger partial charge in [0.15, 0.2) is 0 Å². The summed E-state index contributed by atoms with van der Waals surface area (Å²) in [6.45, 7) is 9.21. The number of hydrogen-bond donors (Lipinski definition) is 1. The zero-order valence-electron chi connectivity index (χ0n) is 14.0. The highest BCUT2D eigenvalue weighted by Gasteiger charge is 2.12. The highest BCUT2D eigenvalue weighted by molar-refractivity contribution is 8.00. The lowest BCUT2D eigenvalue weighted by Crippen LogP contribution is -2.38. The molecule has 0 heterocycles. The van der Waals surface area contributed by atoms with Crippen LogP contribution in [-0.2, 0) is 17.6 Å². The Morgan fingerprint density at radius 3 is 2.82 bits per heavy atom. The van der Waals surface area contributed by atoms with Gasteiger partial charge in [0, 0.05) is 24.0 Å². The third-order valence-electron chi connectivity index (χ3n) is 4.30. The van der Waals surface area contributed by atoms with E-state index in [1.807, 2.05) is 0 Å². The van der Waals surface area contributed by atoms with E-state index in [9.17, 15) is 4.79 Å². The maximum absolute atomic E-state index is 11.9. The molecule has 1 amide bonds. The first-order valence-corrected chi connectivity index (χ1v) is 9.34. The van der Waals surface area contributed by atoms with E-state index < -0.39 is 0 Å². The van der Waals surface area contributed by atoms with Gasteiger partial charge >= 0.3 is 0 Å². The fourth-order valence-corrected chi connectivity index (χ4v) is 3.75. The van der Waals surface area contributed by atoms with Crippen LogP contribution < -0.4 is 5.32 Å². The minimum atomic E-state index is 0.130. The number of rotatable bonds is 8. The molecule has 1 aromatic carbocycles. The number of thioether (sulfide) groups is 1. The second kappa shape index (κ2) is 8.59. The first-order chi connectivity index (χ1) is 10.6. The average Bonchev–Trinajstić information content (AvgIpc) is 2.96. The molecule has 1 N–H and O–H groups in total. The Hall–Kier alpha value is -1.00. The molecule has 3 nitrogen and oxygen atoms in total. The molecule has 1 aliphatic rings. The van der Waals surface area contributed by atoms with Crippen molar-refractivity contribution in [2.24, 2.45) is 0 Å². The van der Waals surface area contributed by atoms with Gasteiger partial charge in [0.2, 0.25) is 5.91 Å². The molecule has 22 heavy (non-hydrogen) atoms. The zero-order valence-corrected chi connectivity index (χ0v) is 14.8. The van der Waals surface area contributed by atoms with Gasteiger partial charge in [-0.15, -0.1) is 11.8 Å². The van der Waals surface area contributed by atoms with Gasteiger partial charge in [-0.25, -0.2) is 0 Å². The van der Waals surface area contributed by atoms with Crippen molar-refractivity contribution in [1.82, 2.24) is 10.2 Å². The number of amides is 1. The molecule has 0 fully saturated rings. The smallest absolute Gasteiger partial charge is 0.230 e. The van der Waals surface area contributed by atoms with E-state index >= 15 is 0 Å². The molecule has 1 aliphatic carbocycles. The molecular weight excluding hydrogens is 292 g/mol. The summed E-state index contributed by atoms with van der Waals surface area (Å²) in [4.78, 5) is 15.5. The predicted octanol–water partition coefficient (Wildman–Crippen LogP) is 3.11. The monoisotopic (exact) mass is 320 g/mol. The second-order valence-corrected chi connectivity index (χ2v) is 7.19. The normalized spacial score (nSPS) is 13.7. The number of likely N-dealkylation sites (N-methyl/N-ethyl adjacent to an activating group) is 1. The lowest BCUT2D eigenvalue weighted by Gasteiger charge is -2.24. The van der Waals surface area contributed by atoms with E-state index in [4.69, 9.17) is 0 Å². The fraction of sp³-hybridized carbons (Fsp3) is 0.611. The molecule has 0 spiro atoms. The van der Waals surface area contributed by atoms with E-state index in [2.05, 4.69) is 49.2 Å². The molecule has 0 atom stereocenters. The Labute approximate surface area is 138 Å². The van der Waals surface area contributed by atoms with E-state index in [1.54, 1.807) is 11.8 Å². The lowest BCUT2D eigenvalue weighted by atomic mass is 10.1. The van der Waals surface area contributed by atoms with E-state index in [0.29, 0.717) is 11.8 Å². The van der Waals surface area contributed by atoms with Gasteiger partial charge in [-0.2, -0.15) is 0 Å². The topological polar surface area (TPSA) is 32.3 Å². The molecule has 2 rings (SSSR count). The molecule has 0 aromatic heterocycles. The summed E-state index contributed by atoms with van der Waals surface area (Å²) in [6.07, 6.45) is 3.68. The summed E-state index contributed by atoms with van der Waals surface area (Å²) in [6, 6.07) is 7.17. The number of aryl methyl sites for hydroxylation is 2. The highest BCUT2D eigenvalue weighted by Crippen LogP contribution is 2.27. The second-order valence-electron chi connectivity index (χ2n) is 6.15. The number of nitrogens with zero attached hydrogens (tertiary/aromatic N) is 1. The van der Waals surface area contributed by atoms with Crippen molar-refractivity contribution in [2.45, 2.75) is 51.0 Å². The number of benzene rings is 1. The fourth-order valence-electron chi connectivity index (χ4n) is 2.96. The van der Waals surface area contributed by atoms with E-state index in [0.717, 1.165) is 19.6 Å². The molecule has 122 valence electrons. The van der Waals surface area contributed by atoms with Crippen LogP contribution in [0.25, 0.3) is 0 Å². The number of fused-ring (bicyclic) bond motifs is 1. The van der Waals surface area contributed by atoms with Crippen LogP contribution >= 0.6 is 11.8 Å². The molecule has 0 unspecified atom stereocenters. The van der Waals surface area contributed by atoms with E-state index in [-0.39, 0.29) is 5.91 Å². The molecule has 0 radical (unpaired) electrons. The Morgan fingerprint density at radius 2 is 2.09 bits per heavy atom. The number of carbonyl (C=O) groups excluding carboxylic acids is 1. The van der Waals surface area contributed by atoms with Gasteiger partial charge in [-0.3, -0.25) is 9.69 Å². The molecule has 0 saturated carbocycles. The summed E-state index contributed by atoms with van der Waals surface area (Å²) in [5, 5.41) is 3.02. The van der Waals surface area contributed by atoms with Crippen LogP contribution in [0.1, 0.15) is 38.3 Å². The third-order valence-corrected chi connectivity index (χ3v) is 5.29. The van der Waals surface area contributed by atoms with Gasteiger partial charge < -0.3 is 5.32 Å². The molecule has 0 saturated heterocycles. The first-order valence-electron chi connectivity index (χ1n) is 8.35. The van der Waals surface area contributed by atoms with Crippen LogP contribution in [0, 0.1) is 0 Å². The van der Waals surface area contributed by atoms with Gasteiger partial charge in [-0.1, -0.05) is 13.0 Å². The van der Waals surface area contributed by atoms with Crippen LogP contribution in [0.5, 0.6) is 0 Å². The average molecular weight is 321 g/mol. The maximum Gasteiger partial charge on any atom is 0.230 e. The van der Waals surface area contributed by atoms with Crippen molar-refractivity contribution < 1.29 is 4.79 Å². The Bertz CT molecular complexity index is 502. The minimum Gasteiger partial charge on any atom is -0.354 e. The Kier molecular flexibility index (Phi) is 6.77. The Balaban J connectivity index is 1.69. The quantitative estimate of drug-likeness (QED) is 0.747. The van der Waals surface area contributed by atoms with Crippen LogP contribution in [0.15, 0.2) is 23.1 Å². The predicted molar refractivity (Wildman–Crippen MR) is 94.6 cm³/mol. The SMILES string of the molecule is CCN(CCNC(=O)CSc1ccc2c(c1)CCC2)C(C)C. The number of nitrogens with one attached hydrogen (secondary N) is 1. The van der Waals surface area contributed by atoms with Crippen molar-refractivity contribution in [2.75, 3.05) is 25.4 Å². The number of hydrogen-bond acceptors (Lipinski definition) is 3. The van der Waals surface area contributed by atoms with Crippen molar-refractivity contribution in [3.05, 3.63) is 29.3 Å². The zero-order chi connectivity index (χ0) is 15.9. The summed E-state index contributed by atoms with van der Waals surface area (Å²) in [7, 11) is 0. The molecular formula is C18H28N2OS. The van der Waals surface area contributed by atoms with Crippen molar-refractivity contribution in [3.8, 4) is 0 Å². The number of carbonyl (C=O) groups is 1. The van der Waals surface area contributed by atoms with Crippen molar-refractivity contribution in [1.29, 1.82) is 0 Å². The Morgan fingerprint density at radius 1 is 1.32 bits per heavy atom. The molecule has 1 aromatic rings. The van der Waals surface area contributed by atoms with Crippen molar-refractivity contribution in [3.63, 3.8) is 0 Å². The van der Waals surface area contributed by atoms with Crippen molar-refractivity contribution >= 4 is 17.7 Å². The van der Waals surface area contributed by atoms with Crippen LogP contribution in [-0.4, -0.2) is 42.2 Å². The molecule has 4 heteroatoms. The van der Waals surface area contributed by atoms with Gasteiger partial charge in [-0.05, 0) is 62.9 Å². The summed E-state index contributed by atoms with van der Waals surface area (Å²) < 4.78 is 0. The van der Waals surface area contributed by atoms with Crippen LogP contribution in [0.2, 0.25) is 0 Å². The van der Waals surface area contributed by atoms with Gasteiger partial charge in [0.25, 0.3) is 0 Å². The summed E-state index contributed by atoms with van der Waals surface area (Å²) in [5.41, 5.74) is 2.96. The maximum atomic E-state index is 11.9. The first kappa shape index (κ1) is 17.4. The largest absolute Gasteiger partial charge is 0.354 e. The summed E-state index contributed by atoms with van der Waals surface area (Å²) >= 11 is 1.64. The highest BCUT2D eigenvalue weighted by atomic mass is 32.2. The minimum absolute atomic E-state index is 0.130. The molecule has 0 bridgehead atoms. The lowest BCUT2D eigenvalue weighted by molar-refractivity contribution is -0.118. The third kappa shape index (κ3) is 5.03. The summed E-state index contributed by atoms with van der Waals surface area (Å²) in [5.74, 6) is 0.636. The molecule has 0 aliphatic heterocycles. The van der Waals surface area contributed by atoms with Crippen LogP contribution in [0.4, 0.5) is 0 Å². The van der Waals surface area contributed by atoms with E-state index in [1.165, 1.54) is 35.3 Å². The van der Waals surface area contributed by atoms with Gasteiger partial charge in [0.05, 0.1) is 5.75 Å².